The van der Waals surface area contributed by atoms with Crippen LogP contribution < -0.4 is 16.2 Å². The minimum Gasteiger partial charge on any atom is -0.508 e. The Morgan fingerprint density at radius 1 is 1.00 bits per heavy atom. The number of aromatic hydroxyl groups is 1. The molecule has 2 saturated heterocycles. The van der Waals surface area contributed by atoms with Crippen molar-refractivity contribution < 1.29 is 33.8 Å². The molecule has 0 radical (unpaired) electrons. The number of fused-ring (bicyclic) bond motifs is 7. The van der Waals surface area contributed by atoms with Gasteiger partial charge in [-0.25, -0.2) is 10.9 Å². The highest BCUT2D eigenvalue weighted by molar-refractivity contribution is 5.96. The average Bonchev–Trinajstić information content (AvgIpc) is 3.76. The van der Waals surface area contributed by atoms with Crippen LogP contribution in [0.3, 0.4) is 0 Å². The predicted molar refractivity (Wildman–Crippen MR) is 240 cm³/mol. The lowest BCUT2D eigenvalue weighted by Gasteiger charge is -2.36. The van der Waals surface area contributed by atoms with E-state index in [1.165, 1.54) is 10.0 Å². The van der Waals surface area contributed by atoms with Crippen LogP contribution in [0.4, 0.5) is 0 Å². The monoisotopic (exact) mass is 861 g/mol. The minimum absolute atomic E-state index is 0.0156. The second-order valence-electron chi connectivity index (χ2n) is 19.1. The van der Waals surface area contributed by atoms with Crippen molar-refractivity contribution in [1.29, 1.82) is 0 Å². The third-order valence-electron chi connectivity index (χ3n) is 13.5. The summed E-state index contributed by atoms with van der Waals surface area (Å²) in [5, 5.41) is 18.3. The van der Waals surface area contributed by atoms with Gasteiger partial charge < -0.3 is 24.5 Å². The molecule has 4 aliphatic rings. The number of hydrogen-bond donors (Lipinski definition) is 4. The molecule has 5 heterocycles. The fraction of sp³-hybridized carbons (Fsp3) is 0.531. The number of pyridine rings is 1. The highest BCUT2D eigenvalue weighted by Gasteiger charge is 2.47. The number of hydrogen-bond acceptors (Lipinski definition) is 10. The molecule has 6 bridgehead atoms. The van der Waals surface area contributed by atoms with E-state index in [1.54, 1.807) is 25.4 Å². The van der Waals surface area contributed by atoms with Crippen LogP contribution in [0.5, 0.6) is 5.75 Å². The molecule has 0 spiro atoms. The van der Waals surface area contributed by atoms with Gasteiger partial charge in [0, 0.05) is 60.7 Å². The Hall–Kier alpha value is -5.31. The van der Waals surface area contributed by atoms with E-state index in [9.17, 15) is 24.3 Å². The number of cyclic esters (lactones) is 1. The van der Waals surface area contributed by atoms with E-state index in [0.29, 0.717) is 37.9 Å². The van der Waals surface area contributed by atoms with Crippen LogP contribution >= 0.6 is 0 Å². The summed E-state index contributed by atoms with van der Waals surface area (Å²) in [5.74, 6) is -1.85. The number of ether oxygens (including phenoxy) is 2. The number of rotatable bonds is 8. The molecule has 3 amide bonds. The van der Waals surface area contributed by atoms with Gasteiger partial charge in [0.05, 0.1) is 30.0 Å². The number of phenolic OH excluding ortho intramolecular Hbond substituents is 1. The zero-order chi connectivity index (χ0) is 44.7. The lowest BCUT2D eigenvalue weighted by molar-refractivity contribution is -0.155. The number of nitrogens with one attached hydrogen (secondary N) is 3. The third kappa shape index (κ3) is 8.82. The van der Waals surface area contributed by atoms with Crippen molar-refractivity contribution in [2.75, 3.05) is 20.3 Å². The summed E-state index contributed by atoms with van der Waals surface area (Å²) < 4.78 is 14.2. The van der Waals surface area contributed by atoms with Crippen LogP contribution in [0, 0.1) is 17.3 Å². The summed E-state index contributed by atoms with van der Waals surface area (Å²) >= 11 is 0. The van der Waals surface area contributed by atoms with Gasteiger partial charge in [-0.05, 0) is 111 Å². The second-order valence-corrected chi connectivity index (χ2v) is 19.1. The lowest BCUT2D eigenvalue weighted by Crippen LogP contribution is -2.62. The molecule has 14 nitrogen and oxygen atoms in total. The van der Waals surface area contributed by atoms with Gasteiger partial charge in [-0.15, -0.1) is 0 Å². The van der Waals surface area contributed by atoms with E-state index in [-0.39, 0.29) is 48.7 Å². The summed E-state index contributed by atoms with van der Waals surface area (Å²) in [6.07, 6.45) is 6.75. The van der Waals surface area contributed by atoms with Crippen LogP contribution in [-0.2, 0) is 48.0 Å². The average molecular weight is 862 g/mol. The number of carbonyl (C=O) groups is 4. The number of hydrazine groups is 2. The molecule has 3 fully saturated rings. The van der Waals surface area contributed by atoms with Crippen molar-refractivity contribution in [3.05, 3.63) is 71.5 Å². The molecule has 63 heavy (non-hydrogen) atoms. The summed E-state index contributed by atoms with van der Waals surface area (Å²) in [5.41, 5.74) is 13.1. The van der Waals surface area contributed by atoms with E-state index in [0.717, 1.165) is 70.2 Å². The Kier molecular flexibility index (Phi) is 12.7. The number of amides is 3. The Balaban J connectivity index is 1.23. The standard InChI is InChI=1S/C49H63N7O7/c1-8-54-41-18-17-31-25-36(41)37(44(54)35-14-11-19-50-42(35)29(4)62-7)26-49(5,6)27-63-48(61)39-16-12-20-55(52-39)47(60)40(23-30-21-32(31)24-33(57)22-30)51-45(58)43(28(2)3)56-46(59)34-13-9-10-15-38(34)53-56/h11,14,17-19,21-22,24-25,28-29,34,38-40,43,52-53,57H,8-10,12-13,15-16,20,23,26-27H2,1-7H3,(H,51,58)/t29-,34-,38-,39-,40-,43?/m0/s1. The van der Waals surface area contributed by atoms with Crippen molar-refractivity contribution in [3.8, 4) is 28.1 Å². The van der Waals surface area contributed by atoms with Gasteiger partial charge in [0.15, 0.2) is 0 Å². The normalized spacial score (nSPS) is 23.9. The zero-order valence-corrected chi connectivity index (χ0v) is 37.7. The molecule has 3 aliphatic heterocycles. The maximum absolute atomic E-state index is 14.7. The van der Waals surface area contributed by atoms with Gasteiger partial charge >= 0.3 is 5.97 Å². The number of esters is 1. The van der Waals surface area contributed by atoms with E-state index in [1.807, 2.05) is 39.0 Å². The van der Waals surface area contributed by atoms with Gasteiger partial charge in [-0.3, -0.25) is 34.2 Å². The molecule has 8 rings (SSSR count). The Morgan fingerprint density at radius 2 is 1.79 bits per heavy atom. The molecular formula is C49H63N7O7. The van der Waals surface area contributed by atoms with Gasteiger partial charge in [-0.2, -0.15) is 0 Å². The number of aryl methyl sites for hydroxylation is 1. The summed E-state index contributed by atoms with van der Waals surface area (Å²) in [6.45, 7) is 13.2. The topological polar surface area (TPSA) is 167 Å². The van der Waals surface area contributed by atoms with Crippen molar-refractivity contribution in [2.24, 2.45) is 17.3 Å². The van der Waals surface area contributed by atoms with E-state index in [4.69, 9.17) is 14.5 Å². The van der Waals surface area contributed by atoms with Crippen LogP contribution in [0.2, 0.25) is 0 Å². The third-order valence-corrected chi connectivity index (χ3v) is 13.5. The highest BCUT2D eigenvalue weighted by atomic mass is 16.5. The number of aromatic nitrogens is 2. The van der Waals surface area contributed by atoms with Crippen molar-refractivity contribution in [1.82, 2.24) is 35.7 Å². The maximum atomic E-state index is 14.7. The molecule has 4 N–H and O–H groups in total. The first-order valence-electron chi connectivity index (χ1n) is 22.8. The fourth-order valence-corrected chi connectivity index (χ4v) is 10.3. The van der Waals surface area contributed by atoms with E-state index >= 15 is 0 Å². The minimum atomic E-state index is -1.10. The molecule has 336 valence electrons. The molecule has 2 aromatic carbocycles. The van der Waals surface area contributed by atoms with Crippen LogP contribution in [0.1, 0.15) is 103 Å². The Labute approximate surface area is 370 Å². The maximum Gasteiger partial charge on any atom is 0.324 e. The Morgan fingerprint density at radius 3 is 2.54 bits per heavy atom. The van der Waals surface area contributed by atoms with Gasteiger partial charge in [0.1, 0.15) is 23.9 Å². The van der Waals surface area contributed by atoms with Crippen LogP contribution in [0.25, 0.3) is 33.3 Å². The molecule has 6 atom stereocenters. The molecule has 1 saturated carbocycles. The number of nitrogens with zero attached hydrogens (tertiary/aromatic N) is 4. The number of methoxy groups -OCH3 is 1. The number of carbonyl (C=O) groups excluding carboxylic acids is 4. The lowest BCUT2D eigenvalue weighted by atomic mass is 9.84. The van der Waals surface area contributed by atoms with Crippen molar-refractivity contribution in [2.45, 2.75) is 130 Å². The summed E-state index contributed by atoms with van der Waals surface area (Å²) in [7, 11) is 1.68. The molecular weight excluding hydrogens is 799 g/mol. The first kappa shape index (κ1) is 44.3. The first-order valence-corrected chi connectivity index (χ1v) is 22.8. The predicted octanol–water partition coefficient (Wildman–Crippen LogP) is 6.38. The summed E-state index contributed by atoms with van der Waals surface area (Å²) in [4.78, 5) is 61.6. The smallest absolute Gasteiger partial charge is 0.324 e. The molecule has 14 heteroatoms. The molecule has 4 aromatic rings. The van der Waals surface area contributed by atoms with Crippen LogP contribution in [-0.4, -0.2) is 92.8 Å². The zero-order valence-electron chi connectivity index (χ0n) is 37.7. The van der Waals surface area contributed by atoms with Gasteiger partial charge in [0.25, 0.3) is 5.91 Å². The van der Waals surface area contributed by atoms with Crippen molar-refractivity contribution >= 4 is 34.6 Å². The highest BCUT2D eigenvalue weighted by Crippen LogP contribution is 2.42. The fourth-order valence-electron chi connectivity index (χ4n) is 10.3. The quantitative estimate of drug-likeness (QED) is 0.146. The first-order chi connectivity index (χ1) is 30.2. The Bertz CT molecular complexity index is 2390. The van der Waals surface area contributed by atoms with Gasteiger partial charge in [-0.1, -0.05) is 52.7 Å². The molecule has 1 aliphatic carbocycles. The number of benzene rings is 2. The largest absolute Gasteiger partial charge is 0.508 e. The second kappa shape index (κ2) is 18.1. The SMILES string of the molecule is CCn1c(-c2cccnc2[C@H](C)OC)c2c3cc(ccc31)-c1cc(O)cc(c1)C[C@H](NC(=O)C(C(C)C)N1N[C@H]3CCCC[C@@H]3C1=O)C(=O)N1CCC[C@H](N1)C(=O)OCC(C)(C)C2. The van der Waals surface area contributed by atoms with E-state index < -0.39 is 41.3 Å². The summed E-state index contributed by atoms with van der Waals surface area (Å²) in [6, 6.07) is 12.8. The van der Waals surface area contributed by atoms with Crippen LogP contribution in [0.15, 0.2) is 54.7 Å². The number of phenols is 1. The van der Waals surface area contributed by atoms with Gasteiger partial charge in [0.2, 0.25) is 11.8 Å². The van der Waals surface area contributed by atoms with Crippen molar-refractivity contribution in [3.63, 3.8) is 0 Å². The van der Waals surface area contributed by atoms with E-state index in [2.05, 4.69) is 59.7 Å². The molecule has 2 aromatic heterocycles. The molecule has 1 unspecified atom stereocenters.